The molecule has 2 aromatic rings. The predicted molar refractivity (Wildman–Crippen MR) is 105 cm³/mol. The molecule has 1 atom stereocenters. The second-order valence-electron chi connectivity index (χ2n) is 7.51. The minimum atomic E-state index is 0.0450. The molecule has 0 unspecified atom stereocenters. The number of rotatable bonds is 4. The van der Waals surface area contributed by atoms with Gasteiger partial charge in [0, 0.05) is 56.1 Å². The summed E-state index contributed by atoms with van der Waals surface area (Å²) in [5.74, 6) is 0.901. The smallest absolute Gasteiger partial charge is 0.274 e. The number of carbonyl (C=O) groups excluding carboxylic acids is 1. The van der Waals surface area contributed by atoms with Gasteiger partial charge in [-0.1, -0.05) is 6.07 Å². The fourth-order valence-corrected chi connectivity index (χ4v) is 3.87. The van der Waals surface area contributed by atoms with Crippen molar-refractivity contribution in [2.24, 2.45) is 0 Å². The van der Waals surface area contributed by atoms with Gasteiger partial charge in [0.25, 0.3) is 5.91 Å². The Balaban J connectivity index is 1.37. The number of hydrogen-bond acceptors (Lipinski definition) is 5. The van der Waals surface area contributed by atoms with Crippen LogP contribution in [0.2, 0.25) is 0 Å². The summed E-state index contributed by atoms with van der Waals surface area (Å²) in [5.41, 5.74) is 2.88. The lowest BCUT2D eigenvalue weighted by molar-refractivity contribution is 0.0739. The number of likely N-dealkylation sites (N-methyl/N-ethyl adjacent to an activating group) is 1. The van der Waals surface area contributed by atoms with Gasteiger partial charge in [-0.05, 0) is 32.3 Å². The first-order valence-electron chi connectivity index (χ1n) is 9.46. The first kappa shape index (κ1) is 17.9. The molecule has 7 nitrogen and oxygen atoms in total. The summed E-state index contributed by atoms with van der Waals surface area (Å²) in [6.07, 6.45) is 0.955. The van der Waals surface area contributed by atoms with Crippen molar-refractivity contribution >= 4 is 11.6 Å². The molecule has 1 amide bonds. The fraction of sp³-hybridized carbons (Fsp3) is 0.500. The van der Waals surface area contributed by atoms with Crippen molar-refractivity contribution < 1.29 is 9.53 Å². The van der Waals surface area contributed by atoms with E-state index < -0.39 is 0 Å². The summed E-state index contributed by atoms with van der Waals surface area (Å²) in [4.78, 5) is 19.3. The number of ether oxygens (including phenoxy) is 1. The van der Waals surface area contributed by atoms with Gasteiger partial charge in [0.2, 0.25) is 0 Å². The number of piperazine rings is 1. The molecule has 2 aliphatic heterocycles. The van der Waals surface area contributed by atoms with Gasteiger partial charge in [-0.3, -0.25) is 9.48 Å². The van der Waals surface area contributed by atoms with E-state index in [1.165, 1.54) is 0 Å². The molecule has 1 aromatic heterocycles. The number of anilines is 1. The highest BCUT2D eigenvalue weighted by atomic mass is 16.5. The van der Waals surface area contributed by atoms with E-state index in [1.54, 1.807) is 7.11 Å². The van der Waals surface area contributed by atoms with Crippen LogP contribution in [0.4, 0.5) is 5.69 Å². The molecule has 7 heteroatoms. The fourth-order valence-electron chi connectivity index (χ4n) is 3.87. The van der Waals surface area contributed by atoms with E-state index in [4.69, 9.17) is 4.74 Å². The summed E-state index contributed by atoms with van der Waals surface area (Å²) in [6, 6.07) is 10.5. The number of carbonyl (C=O) groups is 1. The van der Waals surface area contributed by atoms with Crippen LogP contribution < -0.4 is 9.64 Å². The molecule has 1 fully saturated rings. The maximum atomic E-state index is 12.9. The Kier molecular flexibility index (Phi) is 4.78. The number of fused-ring (bicyclic) bond motifs is 1. The zero-order chi connectivity index (χ0) is 19.0. The number of hydrogen-bond donors (Lipinski definition) is 0. The number of aromatic nitrogens is 2. The number of amides is 1. The van der Waals surface area contributed by atoms with Crippen molar-refractivity contribution in [1.29, 1.82) is 0 Å². The van der Waals surface area contributed by atoms with E-state index in [2.05, 4.69) is 35.1 Å². The summed E-state index contributed by atoms with van der Waals surface area (Å²) in [5, 5.41) is 4.57. The molecule has 0 saturated carbocycles. The molecule has 2 aliphatic rings. The quantitative estimate of drug-likeness (QED) is 0.814. The molecule has 4 rings (SSSR count). The van der Waals surface area contributed by atoms with E-state index in [0.29, 0.717) is 24.8 Å². The Hall–Kier alpha value is -2.54. The van der Waals surface area contributed by atoms with Gasteiger partial charge in [-0.15, -0.1) is 0 Å². The average molecular weight is 369 g/mol. The van der Waals surface area contributed by atoms with Crippen LogP contribution in [0.3, 0.4) is 0 Å². The number of methoxy groups -OCH3 is 1. The Bertz CT molecular complexity index is 800. The van der Waals surface area contributed by atoms with Crippen LogP contribution in [0, 0.1) is 0 Å². The number of nitrogens with zero attached hydrogens (tertiary/aromatic N) is 5. The predicted octanol–water partition coefficient (Wildman–Crippen LogP) is 1.34. The van der Waals surface area contributed by atoms with Crippen LogP contribution in [0.1, 0.15) is 16.2 Å². The van der Waals surface area contributed by atoms with E-state index in [0.717, 1.165) is 43.2 Å². The molecule has 144 valence electrons. The van der Waals surface area contributed by atoms with Gasteiger partial charge < -0.3 is 19.4 Å². The zero-order valence-electron chi connectivity index (χ0n) is 16.3. The van der Waals surface area contributed by atoms with Gasteiger partial charge in [-0.2, -0.15) is 5.10 Å². The normalized spacial score (nSPS) is 19.5. The third-order valence-corrected chi connectivity index (χ3v) is 5.63. The molecule has 1 saturated heterocycles. The van der Waals surface area contributed by atoms with Crippen LogP contribution >= 0.6 is 0 Å². The largest absolute Gasteiger partial charge is 0.497 e. The Morgan fingerprint density at radius 3 is 2.63 bits per heavy atom. The molecular formula is C20H27N5O2. The highest BCUT2D eigenvalue weighted by Crippen LogP contribution is 2.23. The van der Waals surface area contributed by atoms with Gasteiger partial charge in [0.1, 0.15) is 5.75 Å². The van der Waals surface area contributed by atoms with Crippen LogP contribution in [-0.2, 0) is 13.0 Å². The van der Waals surface area contributed by atoms with Gasteiger partial charge in [0.05, 0.1) is 13.7 Å². The first-order valence-corrected chi connectivity index (χ1v) is 9.46. The van der Waals surface area contributed by atoms with Crippen LogP contribution in [0.5, 0.6) is 5.75 Å². The second kappa shape index (κ2) is 7.23. The van der Waals surface area contributed by atoms with E-state index in [-0.39, 0.29) is 5.91 Å². The number of benzene rings is 1. The Labute approximate surface area is 160 Å². The van der Waals surface area contributed by atoms with E-state index in [9.17, 15) is 4.79 Å². The van der Waals surface area contributed by atoms with Crippen molar-refractivity contribution in [2.75, 3.05) is 52.3 Å². The van der Waals surface area contributed by atoms with Crippen molar-refractivity contribution in [3.05, 3.63) is 41.7 Å². The highest BCUT2D eigenvalue weighted by molar-refractivity contribution is 5.92. The monoisotopic (exact) mass is 369 g/mol. The molecule has 0 aliphatic carbocycles. The van der Waals surface area contributed by atoms with Crippen molar-refractivity contribution in [3.63, 3.8) is 0 Å². The second-order valence-corrected chi connectivity index (χ2v) is 7.51. The lowest BCUT2D eigenvalue weighted by Gasteiger charge is -2.36. The summed E-state index contributed by atoms with van der Waals surface area (Å²) < 4.78 is 7.30. The molecule has 0 radical (unpaired) electrons. The zero-order valence-corrected chi connectivity index (χ0v) is 16.3. The summed E-state index contributed by atoms with van der Waals surface area (Å²) in [6.45, 7) is 3.90. The average Bonchev–Trinajstić information content (AvgIpc) is 3.27. The molecule has 0 spiro atoms. The van der Waals surface area contributed by atoms with Crippen LogP contribution in [0.15, 0.2) is 30.3 Å². The van der Waals surface area contributed by atoms with Crippen LogP contribution in [0.25, 0.3) is 0 Å². The van der Waals surface area contributed by atoms with Crippen molar-refractivity contribution in [1.82, 2.24) is 19.6 Å². The molecule has 3 heterocycles. The minimum Gasteiger partial charge on any atom is -0.497 e. The summed E-state index contributed by atoms with van der Waals surface area (Å²) >= 11 is 0. The molecule has 0 N–H and O–H groups in total. The lowest BCUT2D eigenvalue weighted by Crippen LogP contribution is -2.49. The third-order valence-electron chi connectivity index (χ3n) is 5.63. The molecule has 27 heavy (non-hydrogen) atoms. The highest BCUT2D eigenvalue weighted by Gasteiger charge is 2.29. The van der Waals surface area contributed by atoms with Gasteiger partial charge in [-0.25, -0.2) is 0 Å². The topological polar surface area (TPSA) is 53.8 Å². The molecule has 0 bridgehead atoms. The maximum Gasteiger partial charge on any atom is 0.274 e. The lowest BCUT2D eigenvalue weighted by atomic mass is 10.2. The van der Waals surface area contributed by atoms with Crippen molar-refractivity contribution in [3.8, 4) is 5.75 Å². The molecular weight excluding hydrogens is 342 g/mol. The third kappa shape index (κ3) is 3.51. The van der Waals surface area contributed by atoms with E-state index in [1.807, 2.05) is 33.8 Å². The van der Waals surface area contributed by atoms with Gasteiger partial charge in [0.15, 0.2) is 5.69 Å². The standard InChI is InChI=1S/C20H27N5O2/c1-22(2)17-11-16-13-19(21-25(16)14-17)20(26)24-9-7-23(8-10-24)15-5-4-6-18(12-15)27-3/h4-6,12-13,17H,7-11,14H2,1-3H3/t17-/m0/s1. The van der Waals surface area contributed by atoms with Crippen LogP contribution in [-0.4, -0.2) is 78.9 Å². The van der Waals surface area contributed by atoms with E-state index >= 15 is 0 Å². The SMILES string of the molecule is COc1cccc(N2CCN(C(=O)c3cc4n(n3)C[C@@H](N(C)C)C4)CC2)c1. The Morgan fingerprint density at radius 2 is 1.96 bits per heavy atom. The van der Waals surface area contributed by atoms with Crippen molar-refractivity contribution in [2.45, 2.75) is 19.0 Å². The first-order chi connectivity index (χ1) is 13.0. The summed E-state index contributed by atoms with van der Waals surface area (Å²) in [7, 11) is 5.86. The Morgan fingerprint density at radius 1 is 1.19 bits per heavy atom. The van der Waals surface area contributed by atoms with Gasteiger partial charge >= 0.3 is 0 Å². The minimum absolute atomic E-state index is 0.0450. The molecule has 1 aromatic carbocycles. The maximum absolute atomic E-state index is 12.9.